The second-order valence-electron chi connectivity index (χ2n) is 9.32. The van der Waals surface area contributed by atoms with Gasteiger partial charge in [-0.2, -0.15) is 0 Å². The quantitative estimate of drug-likeness (QED) is 0.653. The van der Waals surface area contributed by atoms with Crippen LogP contribution in [0.1, 0.15) is 81.1 Å². The Morgan fingerprint density at radius 2 is 1.05 bits per heavy atom. The van der Waals surface area contributed by atoms with Gasteiger partial charge in [-0.05, 0) is 48.3 Å². The molecular weight excluding hydrogens is 244 g/mol. The molecule has 4 atom stereocenters. The third kappa shape index (κ3) is 1.70. The Hall–Kier alpha value is -0.330. The number of ketones is 1. The molecule has 0 bridgehead atoms. The second-order valence-corrected chi connectivity index (χ2v) is 9.32. The fourth-order valence-electron chi connectivity index (χ4n) is 4.89. The Labute approximate surface area is 125 Å². The van der Waals surface area contributed by atoms with Gasteiger partial charge < -0.3 is 0 Å². The molecule has 4 unspecified atom stereocenters. The Morgan fingerprint density at radius 3 is 1.25 bits per heavy atom. The first-order valence-electron chi connectivity index (χ1n) is 8.46. The van der Waals surface area contributed by atoms with Gasteiger partial charge in [0, 0.05) is 10.8 Å². The van der Waals surface area contributed by atoms with E-state index in [-0.39, 0.29) is 21.7 Å². The van der Waals surface area contributed by atoms with Gasteiger partial charge >= 0.3 is 0 Å². The molecule has 2 aliphatic rings. The average Bonchev–Trinajstić information content (AvgIpc) is 2.70. The van der Waals surface area contributed by atoms with Gasteiger partial charge in [-0.3, -0.25) is 4.79 Å². The van der Waals surface area contributed by atoms with E-state index in [1.807, 2.05) is 0 Å². The molecule has 20 heavy (non-hydrogen) atoms. The van der Waals surface area contributed by atoms with E-state index in [2.05, 4.69) is 55.4 Å². The lowest BCUT2D eigenvalue weighted by molar-refractivity contribution is -0.149. The minimum atomic E-state index is -0.150. The maximum absolute atomic E-state index is 13.6. The summed E-state index contributed by atoms with van der Waals surface area (Å²) in [5.74, 6) is 1.83. The number of hydrogen-bond donors (Lipinski definition) is 0. The first kappa shape index (κ1) is 16.0. The van der Waals surface area contributed by atoms with E-state index in [4.69, 9.17) is 0 Å². The first-order valence-corrected chi connectivity index (χ1v) is 8.46. The van der Waals surface area contributed by atoms with Gasteiger partial charge in [0.25, 0.3) is 0 Å². The van der Waals surface area contributed by atoms with Crippen LogP contribution in [0.25, 0.3) is 0 Å². The maximum Gasteiger partial charge on any atom is 0.145 e. The molecule has 0 aromatic carbocycles. The molecule has 0 saturated heterocycles. The molecular formula is C19H34O. The summed E-state index contributed by atoms with van der Waals surface area (Å²) in [7, 11) is 0. The fraction of sp³-hybridized carbons (Fsp3) is 0.947. The Kier molecular flexibility index (Phi) is 3.48. The van der Waals surface area contributed by atoms with Crippen LogP contribution in [0.2, 0.25) is 0 Å². The third-order valence-electron chi connectivity index (χ3n) is 8.47. The summed E-state index contributed by atoms with van der Waals surface area (Å²) < 4.78 is 0. The smallest absolute Gasteiger partial charge is 0.145 e. The van der Waals surface area contributed by atoms with Crippen LogP contribution in [0, 0.1) is 33.5 Å². The standard InChI is InChI=1S/C19H34O/c1-13-9-11-18(7,16(13,3)4)15(20)19(8)12-10-14(2)17(19,5)6/h13-14H,9-12H2,1-8H3. The highest BCUT2D eigenvalue weighted by Crippen LogP contribution is 2.64. The zero-order valence-corrected chi connectivity index (χ0v) is 14.9. The van der Waals surface area contributed by atoms with Crippen molar-refractivity contribution in [3.05, 3.63) is 0 Å². The highest BCUT2D eigenvalue weighted by atomic mass is 16.1. The Balaban J connectivity index is 2.42. The van der Waals surface area contributed by atoms with Crippen LogP contribution in [0.5, 0.6) is 0 Å². The largest absolute Gasteiger partial charge is 0.298 e. The highest BCUT2D eigenvalue weighted by Gasteiger charge is 2.63. The SMILES string of the molecule is CC1CCC(C)(C(=O)C2(C)CCC(C)C2(C)C)C1(C)C. The second kappa shape index (κ2) is 4.34. The van der Waals surface area contributed by atoms with E-state index in [1.165, 1.54) is 12.8 Å². The van der Waals surface area contributed by atoms with Crippen LogP contribution < -0.4 is 0 Å². The van der Waals surface area contributed by atoms with Crippen molar-refractivity contribution in [2.45, 2.75) is 81.1 Å². The highest BCUT2D eigenvalue weighted by molar-refractivity contribution is 5.92. The van der Waals surface area contributed by atoms with Gasteiger partial charge in [-0.1, -0.05) is 55.4 Å². The number of rotatable bonds is 2. The molecule has 2 saturated carbocycles. The summed E-state index contributed by atoms with van der Waals surface area (Å²) in [5.41, 5.74) is -0.0605. The molecule has 1 nitrogen and oxygen atoms in total. The van der Waals surface area contributed by atoms with E-state index >= 15 is 0 Å². The van der Waals surface area contributed by atoms with Crippen molar-refractivity contribution in [2.75, 3.05) is 0 Å². The monoisotopic (exact) mass is 278 g/mol. The summed E-state index contributed by atoms with van der Waals surface area (Å²) >= 11 is 0. The molecule has 1 heteroatoms. The fourth-order valence-corrected chi connectivity index (χ4v) is 4.89. The molecule has 2 aliphatic carbocycles. The van der Waals surface area contributed by atoms with E-state index in [1.54, 1.807) is 0 Å². The van der Waals surface area contributed by atoms with Gasteiger partial charge in [0.1, 0.15) is 5.78 Å². The lowest BCUT2D eigenvalue weighted by Gasteiger charge is -2.49. The molecule has 0 spiro atoms. The van der Waals surface area contributed by atoms with Gasteiger partial charge in [-0.15, -0.1) is 0 Å². The van der Waals surface area contributed by atoms with Crippen LogP contribution in [0.15, 0.2) is 0 Å². The predicted molar refractivity (Wildman–Crippen MR) is 85.6 cm³/mol. The van der Waals surface area contributed by atoms with Gasteiger partial charge in [0.05, 0.1) is 0 Å². The van der Waals surface area contributed by atoms with Crippen molar-refractivity contribution in [3.63, 3.8) is 0 Å². The van der Waals surface area contributed by atoms with Crippen molar-refractivity contribution < 1.29 is 4.79 Å². The summed E-state index contributed by atoms with van der Waals surface area (Å²) in [6.07, 6.45) is 4.53. The zero-order valence-electron chi connectivity index (χ0n) is 14.9. The number of carbonyl (C=O) groups is 1. The minimum absolute atomic E-state index is 0.120. The Morgan fingerprint density at radius 1 is 0.750 bits per heavy atom. The number of Topliss-reactive ketones (excluding diaryl/α,β-unsaturated/α-hetero) is 1. The molecule has 0 aromatic rings. The van der Waals surface area contributed by atoms with E-state index in [9.17, 15) is 4.79 Å². The molecule has 2 rings (SSSR count). The summed E-state index contributed by atoms with van der Waals surface area (Å²) in [6.45, 7) is 18.4. The van der Waals surface area contributed by atoms with Crippen molar-refractivity contribution in [2.24, 2.45) is 33.5 Å². The van der Waals surface area contributed by atoms with Crippen molar-refractivity contribution in [3.8, 4) is 0 Å². The molecule has 2 fully saturated rings. The molecule has 0 heterocycles. The average molecular weight is 278 g/mol. The van der Waals surface area contributed by atoms with Crippen LogP contribution in [-0.4, -0.2) is 5.78 Å². The van der Waals surface area contributed by atoms with Gasteiger partial charge in [-0.25, -0.2) is 0 Å². The molecule has 0 aliphatic heterocycles. The van der Waals surface area contributed by atoms with E-state index in [0.29, 0.717) is 17.6 Å². The normalized spacial score (nSPS) is 46.6. The van der Waals surface area contributed by atoms with Crippen LogP contribution in [-0.2, 0) is 4.79 Å². The zero-order chi connectivity index (χ0) is 15.6. The topological polar surface area (TPSA) is 17.1 Å². The predicted octanol–water partition coefficient (Wildman–Crippen LogP) is 5.48. The lowest BCUT2D eigenvalue weighted by atomic mass is 9.53. The number of carbonyl (C=O) groups excluding carboxylic acids is 1. The van der Waals surface area contributed by atoms with Gasteiger partial charge in [0.2, 0.25) is 0 Å². The Bertz CT molecular complexity index is 381. The van der Waals surface area contributed by atoms with Crippen molar-refractivity contribution in [1.82, 2.24) is 0 Å². The molecule has 0 radical (unpaired) electrons. The number of hydrogen-bond acceptors (Lipinski definition) is 1. The van der Waals surface area contributed by atoms with Crippen LogP contribution >= 0.6 is 0 Å². The lowest BCUT2D eigenvalue weighted by Crippen LogP contribution is -2.51. The summed E-state index contributed by atoms with van der Waals surface area (Å²) in [5, 5.41) is 0. The molecule has 0 N–H and O–H groups in total. The van der Waals surface area contributed by atoms with Crippen LogP contribution in [0.3, 0.4) is 0 Å². The summed E-state index contributed by atoms with van der Waals surface area (Å²) in [4.78, 5) is 13.6. The maximum atomic E-state index is 13.6. The first-order chi connectivity index (χ1) is 8.91. The van der Waals surface area contributed by atoms with Crippen LogP contribution in [0.4, 0.5) is 0 Å². The molecule has 0 aromatic heterocycles. The van der Waals surface area contributed by atoms with Crippen molar-refractivity contribution >= 4 is 5.78 Å². The van der Waals surface area contributed by atoms with Gasteiger partial charge in [0.15, 0.2) is 0 Å². The van der Waals surface area contributed by atoms with E-state index < -0.39 is 0 Å². The minimum Gasteiger partial charge on any atom is -0.298 e. The van der Waals surface area contributed by atoms with Crippen molar-refractivity contribution in [1.29, 1.82) is 0 Å². The van der Waals surface area contributed by atoms with E-state index in [0.717, 1.165) is 12.8 Å². The summed E-state index contributed by atoms with van der Waals surface area (Å²) in [6, 6.07) is 0. The molecule has 0 amide bonds. The third-order valence-corrected chi connectivity index (χ3v) is 8.47. The molecule has 116 valence electrons.